The molecule has 0 heterocycles. The third-order valence-electron chi connectivity index (χ3n) is 4.94. The lowest BCUT2D eigenvalue weighted by Gasteiger charge is -2.26. The molecule has 0 amide bonds. The number of azo groups is 1. The summed E-state index contributed by atoms with van der Waals surface area (Å²) in [4.78, 5) is 22.6. The molecule has 0 bridgehead atoms. The van der Waals surface area contributed by atoms with Gasteiger partial charge in [-0.1, -0.05) is 0 Å². The van der Waals surface area contributed by atoms with Crippen LogP contribution in [0, 0.1) is 11.8 Å². The number of ketones is 2. The molecule has 2 aliphatic carbocycles. The number of hydrogen-bond acceptors (Lipinski definition) is 4. The van der Waals surface area contributed by atoms with Gasteiger partial charge in [-0.25, -0.2) is 0 Å². The molecule has 2 aliphatic rings. The molecule has 2 rings (SSSR count). The average molecular weight is 278 g/mol. The Hall–Kier alpha value is -1.06. The first-order chi connectivity index (χ1) is 9.56. The molecule has 2 fully saturated rings. The van der Waals surface area contributed by atoms with Gasteiger partial charge in [0.2, 0.25) is 0 Å². The highest BCUT2D eigenvalue weighted by Crippen LogP contribution is 2.30. The van der Waals surface area contributed by atoms with Gasteiger partial charge in [-0.3, -0.25) is 9.59 Å². The highest BCUT2D eigenvalue weighted by Gasteiger charge is 2.26. The van der Waals surface area contributed by atoms with Gasteiger partial charge < -0.3 is 0 Å². The van der Waals surface area contributed by atoms with Gasteiger partial charge in [-0.15, -0.1) is 0 Å². The summed E-state index contributed by atoms with van der Waals surface area (Å²) in [6.45, 7) is 3.39. The lowest BCUT2D eigenvalue weighted by molar-refractivity contribution is -0.122. The van der Waals surface area contributed by atoms with Gasteiger partial charge in [-0.05, 0) is 65.2 Å². The van der Waals surface area contributed by atoms with Crippen LogP contribution in [0.2, 0.25) is 0 Å². The second-order valence-corrected chi connectivity index (χ2v) is 6.46. The zero-order chi connectivity index (χ0) is 14.5. The third-order valence-corrected chi connectivity index (χ3v) is 4.94. The largest absolute Gasteiger partial charge is 0.300 e. The summed E-state index contributed by atoms with van der Waals surface area (Å²) in [5.74, 6) is 1.16. The van der Waals surface area contributed by atoms with Crippen molar-refractivity contribution in [1.82, 2.24) is 0 Å². The van der Waals surface area contributed by atoms with Crippen LogP contribution in [0.1, 0.15) is 65.2 Å². The molecule has 0 spiro atoms. The van der Waals surface area contributed by atoms with Crippen molar-refractivity contribution < 1.29 is 9.59 Å². The van der Waals surface area contributed by atoms with E-state index in [9.17, 15) is 9.59 Å². The zero-order valence-corrected chi connectivity index (χ0v) is 12.7. The number of Topliss-reactive ketones (excluding diaryl/α,β-unsaturated/α-hetero) is 2. The Balaban J connectivity index is 1.72. The Morgan fingerprint density at radius 2 is 0.950 bits per heavy atom. The molecule has 0 N–H and O–H groups in total. The van der Waals surface area contributed by atoms with Gasteiger partial charge in [-0.2, -0.15) is 10.2 Å². The van der Waals surface area contributed by atoms with Crippen molar-refractivity contribution in [1.29, 1.82) is 0 Å². The summed E-state index contributed by atoms with van der Waals surface area (Å²) in [7, 11) is 0. The highest BCUT2D eigenvalue weighted by molar-refractivity contribution is 5.78. The Morgan fingerprint density at radius 1 is 0.650 bits per heavy atom. The van der Waals surface area contributed by atoms with E-state index in [0.29, 0.717) is 23.7 Å². The second-order valence-electron chi connectivity index (χ2n) is 6.46. The molecule has 20 heavy (non-hydrogen) atoms. The van der Waals surface area contributed by atoms with Crippen molar-refractivity contribution in [3.63, 3.8) is 0 Å². The van der Waals surface area contributed by atoms with Gasteiger partial charge in [0.15, 0.2) is 0 Å². The van der Waals surface area contributed by atoms with E-state index in [1.54, 1.807) is 13.8 Å². The maximum atomic E-state index is 11.3. The van der Waals surface area contributed by atoms with Crippen LogP contribution in [-0.2, 0) is 9.59 Å². The minimum atomic E-state index is 0.257. The van der Waals surface area contributed by atoms with Crippen LogP contribution in [0.3, 0.4) is 0 Å². The lowest BCUT2D eigenvalue weighted by atomic mass is 9.84. The van der Waals surface area contributed by atoms with Gasteiger partial charge in [0.05, 0.1) is 12.1 Å². The van der Waals surface area contributed by atoms with Crippen LogP contribution in [0.4, 0.5) is 0 Å². The van der Waals surface area contributed by atoms with E-state index >= 15 is 0 Å². The number of rotatable bonds is 4. The molecular weight excluding hydrogens is 252 g/mol. The lowest BCUT2D eigenvalue weighted by Crippen LogP contribution is -2.23. The Morgan fingerprint density at radius 3 is 1.20 bits per heavy atom. The summed E-state index contributed by atoms with van der Waals surface area (Å²) in [6, 6.07) is 0.632. The van der Waals surface area contributed by atoms with Crippen LogP contribution in [0.25, 0.3) is 0 Å². The van der Waals surface area contributed by atoms with Gasteiger partial charge >= 0.3 is 0 Å². The van der Waals surface area contributed by atoms with Crippen molar-refractivity contribution in [2.24, 2.45) is 22.1 Å². The number of carbonyl (C=O) groups is 2. The monoisotopic (exact) mass is 278 g/mol. The van der Waals surface area contributed by atoms with Gasteiger partial charge in [0.25, 0.3) is 0 Å². The van der Waals surface area contributed by atoms with Crippen LogP contribution in [0.15, 0.2) is 10.2 Å². The summed E-state index contributed by atoms with van der Waals surface area (Å²) in [6.07, 6.45) is 7.86. The molecule has 0 saturated heterocycles. The number of nitrogens with zero attached hydrogens (tertiary/aromatic N) is 2. The smallest absolute Gasteiger partial charge is 0.132 e. The molecule has 0 aliphatic heterocycles. The first-order valence-electron chi connectivity index (χ1n) is 7.97. The first kappa shape index (κ1) is 15.3. The quantitative estimate of drug-likeness (QED) is 0.736. The Kier molecular flexibility index (Phi) is 5.44. The topological polar surface area (TPSA) is 58.9 Å². The summed E-state index contributed by atoms with van der Waals surface area (Å²) >= 11 is 0. The van der Waals surface area contributed by atoms with Crippen molar-refractivity contribution in [3.8, 4) is 0 Å². The molecule has 2 saturated carbocycles. The molecule has 0 aromatic rings. The first-order valence-corrected chi connectivity index (χ1v) is 7.97. The van der Waals surface area contributed by atoms with Crippen molar-refractivity contribution in [2.45, 2.75) is 77.3 Å². The van der Waals surface area contributed by atoms with Crippen LogP contribution < -0.4 is 0 Å². The molecule has 4 heteroatoms. The highest BCUT2D eigenvalue weighted by atomic mass is 16.1. The van der Waals surface area contributed by atoms with Crippen LogP contribution >= 0.6 is 0 Å². The molecule has 0 aromatic heterocycles. The molecule has 0 aromatic carbocycles. The Labute approximate surface area is 121 Å². The van der Waals surface area contributed by atoms with E-state index in [1.165, 1.54) is 0 Å². The predicted octanol–water partition coefficient (Wildman–Crippen LogP) is 3.73. The van der Waals surface area contributed by atoms with E-state index in [4.69, 9.17) is 0 Å². The molecule has 0 radical (unpaired) electrons. The van der Waals surface area contributed by atoms with Crippen LogP contribution in [0.5, 0.6) is 0 Å². The predicted molar refractivity (Wildman–Crippen MR) is 77.7 cm³/mol. The van der Waals surface area contributed by atoms with E-state index < -0.39 is 0 Å². The van der Waals surface area contributed by atoms with E-state index in [-0.39, 0.29) is 11.8 Å². The normalized spacial score (nSPS) is 35.1. The minimum absolute atomic E-state index is 0.257. The minimum Gasteiger partial charge on any atom is -0.300 e. The number of hydrogen-bond donors (Lipinski definition) is 0. The SMILES string of the molecule is CC(=O)C1CCC(N=NC2CCC(C(C)=O)CC2)CC1. The molecule has 0 atom stereocenters. The van der Waals surface area contributed by atoms with E-state index in [1.807, 2.05) is 0 Å². The van der Waals surface area contributed by atoms with Crippen LogP contribution in [-0.4, -0.2) is 23.7 Å². The molecule has 0 unspecified atom stereocenters. The van der Waals surface area contributed by atoms with Gasteiger partial charge in [0.1, 0.15) is 11.6 Å². The van der Waals surface area contributed by atoms with Crippen molar-refractivity contribution >= 4 is 11.6 Å². The maximum absolute atomic E-state index is 11.3. The maximum Gasteiger partial charge on any atom is 0.132 e. The standard InChI is InChI=1S/C16H26N2O2/c1-11(19)13-3-7-15(8-4-13)17-18-16-9-5-14(6-10-16)12(2)20/h13-16H,3-10H2,1-2H3. The fourth-order valence-electron chi connectivity index (χ4n) is 3.38. The zero-order valence-electron chi connectivity index (χ0n) is 12.7. The van der Waals surface area contributed by atoms with E-state index in [2.05, 4.69) is 10.2 Å². The summed E-state index contributed by atoms with van der Waals surface area (Å²) in [5, 5.41) is 9.00. The summed E-state index contributed by atoms with van der Waals surface area (Å²) in [5.41, 5.74) is 0. The van der Waals surface area contributed by atoms with Gasteiger partial charge in [0, 0.05) is 11.8 Å². The van der Waals surface area contributed by atoms with Crippen molar-refractivity contribution in [3.05, 3.63) is 0 Å². The fraction of sp³-hybridized carbons (Fsp3) is 0.875. The summed E-state index contributed by atoms with van der Waals surface area (Å²) < 4.78 is 0. The Bertz CT molecular complexity index is 340. The molecule has 112 valence electrons. The van der Waals surface area contributed by atoms with Crippen molar-refractivity contribution in [2.75, 3.05) is 0 Å². The average Bonchev–Trinajstić information content (AvgIpc) is 2.46. The number of carbonyl (C=O) groups excluding carboxylic acids is 2. The fourth-order valence-corrected chi connectivity index (χ4v) is 3.38. The second kappa shape index (κ2) is 7.09. The molecular formula is C16H26N2O2. The third kappa shape index (κ3) is 4.22. The van der Waals surface area contributed by atoms with E-state index in [0.717, 1.165) is 51.4 Å². The molecule has 4 nitrogen and oxygen atoms in total.